The Bertz CT molecular complexity index is 996. The minimum atomic E-state index is 0.481. The highest BCUT2D eigenvalue weighted by atomic mass is 16.5. The fourth-order valence-corrected chi connectivity index (χ4v) is 3.75. The van der Waals surface area contributed by atoms with Gasteiger partial charge in [0.05, 0.1) is 37.5 Å². The number of pyridine rings is 1. The summed E-state index contributed by atoms with van der Waals surface area (Å²) in [6.45, 7) is 4.11. The van der Waals surface area contributed by atoms with Crippen molar-refractivity contribution in [3.8, 4) is 6.07 Å². The van der Waals surface area contributed by atoms with Crippen molar-refractivity contribution in [3.05, 3.63) is 41.0 Å². The lowest BCUT2D eigenvalue weighted by molar-refractivity contribution is 0.121. The van der Waals surface area contributed by atoms with Gasteiger partial charge in [-0.1, -0.05) is 12.1 Å². The van der Waals surface area contributed by atoms with Gasteiger partial charge in [-0.25, -0.2) is 4.98 Å². The predicted molar refractivity (Wildman–Crippen MR) is 88.9 cm³/mol. The number of rotatable bonds is 1. The molecule has 5 rings (SSSR count). The molecule has 6 heteroatoms. The number of ether oxygens (including phenoxy) is 2. The molecule has 0 saturated carbocycles. The Morgan fingerprint density at radius 3 is 2.67 bits per heavy atom. The van der Waals surface area contributed by atoms with E-state index in [-0.39, 0.29) is 0 Å². The molecule has 6 nitrogen and oxygen atoms in total. The lowest BCUT2D eigenvalue weighted by Gasteiger charge is -2.31. The average Bonchev–Trinajstić information content (AvgIpc) is 3.25. The molecule has 0 unspecified atom stereocenters. The topological polar surface area (TPSA) is 62.8 Å². The van der Waals surface area contributed by atoms with Crippen LogP contribution in [0.15, 0.2) is 24.3 Å². The molecule has 2 aromatic heterocycles. The van der Waals surface area contributed by atoms with Gasteiger partial charge in [0.25, 0.3) is 0 Å². The van der Waals surface area contributed by atoms with Crippen LogP contribution in [-0.2, 0) is 22.7 Å². The molecule has 24 heavy (non-hydrogen) atoms. The number of fused-ring (bicyclic) bond motifs is 4. The van der Waals surface area contributed by atoms with Gasteiger partial charge in [0, 0.05) is 24.2 Å². The maximum atomic E-state index is 9.73. The van der Waals surface area contributed by atoms with Crippen molar-refractivity contribution < 1.29 is 9.47 Å². The highest BCUT2D eigenvalue weighted by Gasteiger charge is 2.29. The maximum absolute atomic E-state index is 9.73. The first-order chi connectivity index (χ1) is 11.9. The average molecular weight is 320 g/mol. The lowest BCUT2D eigenvalue weighted by atomic mass is 10.1. The second kappa shape index (κ2) is 5.20. The fourth-order valence-electron chi connectivity index (χ4n) is 3.75. The van der Waals surface area contributed by atoms with Gasteiger partial charge in [0.15, 0.2) is 5.65 Å². The number of aromatic nitrogens is 2. The Hall–Kier alpha value is -2.62. The Kier molecular flexibility index (Phi) is 2.98. The van der Waals surface area contributed by atoms with Crippen LogP contribution in [0.3, 0.4) is 0 Å². The number of imidazole rings is 1. The molecule has 0 radical (unpaired) electrons. The van der Waals surface area contributed by atoms with Crippen LogP contribution in [0.2, 0.25) is 0 Å². The van der Waals surface area contributed by atoms with Crippen LogP contribution in [0.25, 0.3) is 16.7 Å². The van der Waals surface area contributed by atoms with Crippen molar-refractivity contribution in [1.82, 2.24) is 9.38 Å². The van der Waals surface area contributed by atoms with Crippen LogP contribution in [0.1, 0.15) is 16.7 Å². The highest BCUT2D eigenvalue weighted by molar-refractivity contribution is 5.86. The fraction of sp³-hybridized carbons (Fsp3) is 0.333. The monoisotopic (exact) mass is 320 g/mol. The standard InChI is InChI=1S/C18H16N4O2/c19-9-12-13-10-24-11-14(13)18(21-5-7-23-8-6-21)22-16-4-2-1-3-15(16)20-17(12)22/h1-4H,5-8,10-11H2. The number of nitrogens with zero attached hydrogens (tertiary/aromatic N) is 4. The third kappa shape index (κ3) is 1.80. The molecule has 0 atom stereocenters. The van der Waals surface area contributed by atoms with Crippen LogP contribution in [0.4, 0.5) is 5.82 Å². The van der Waals surface area contributed by atoms with E-state index in [1.807, 2.05) is 18.2 Å². The Morgan fingerprint density at radius 2 is 1.83 bits per heavy atom. The van der Waals surface area contributed by atoms with Crippen LogP contribution in [-0.4, -0.2) is 35.7 Å². The smallest absolute Gasteiger partial charge is 0.157 e. The van der Waals surface area contributed by atoms with E-state index >= 15 is 0 Å². The summed E-state index contributed by atoms with van der Waals surface area (Å²) in [6, 6.07) is 10.4. The van der Waals surface area contributed by atoms with Crippen LogP contribution < -0.4 is 4.90 Å². The second-order valence-corrected chi connectivity index (χ2v) is 6.12. The number of morpholine rings is 1. The number of hydrogen-bond donors (Lipinski definition) is 0. The third-order valence-corrected chi connectivity index (χ3v) is 4.85. The van der Waals surface area contributed by atoms with E-state index in [0.29, 0.717) is 32.0 Å². The summed E-state index contributed by atoms with van der Waals surface area (Å²) in [4.78, 5) is 7.08. The van der Waals surface area contributed by atoms with Crippen LogP contribution in [0, 0.1) is 11.3 Å². The van der Waals surface area contributed by atoms with Gasteiger partial charge in [-0.3, -0.25) is 4.40 Å². The van der Waals surface area contributed by atoms with Gasteiger partial charge in [0.1, 0.15) is 17.5 Å². The molecule has 1 aromatic carbocycles. The van der Waals surface area contributed by atoms with Gasteiger partial charge in [-0.05, 0) is 12.1 Å². The number of para-hydroxylation sites is 2. The van der Waals surface area contributed by atoms with E-state index < -0.39 is 0 Å². The van der Waals surface area contributed by atoms with E-state index in [1.165, 1.54) is 0 Å². The molecule has 4 heterocycles. The minimum absolute atomic E-state index is 0.481. The summed E-state index contributed by atoms with van der Waals surface area (Å²) in [5, 5.41) is 9.73. The Labute approximate surface area is 138 Å². The van der Waals surface area contributed by atoms with Gasteiger partial charge in [0.2, 0.25) is 0 Å². The van der Waals surface area contributed by atoms with Gasteiger partial charge < -0.3 is 14.4 Å². The largest absolute Gasteiger partial charge is 0.378 e. The summed E-state index contributed by atoms with van der Waals surface area (Å²) >= 11 is 0. The molecule has 1 saturated heterocycles. The van der Waals surface area contributed by atoms with Crippen molar-refractivity contribution in [3.63, 3.8) is 0 Å². The summed E-state index contributed by atoms with van der Waals surface area (Å²) in [5.74, 6) is 1.11. The lowest BCUT2D eigenvalue weighted by Crippen LogP contribution is -2.38. The van der Waals surface area contributed by atoms with Crippen molar-refractivity contribution in [1.29, 1.82) is 5.26 Å². The molecule has 120 valence electrons. The Balaban J connectivity index is 1.93. The van der Waals surface area contributed by atoms with Crippen LogP contribution in [0.5, 0.6) is 0 Å². The van der Waals surface area contributed by atoms with E-state index in [9.17, 15) is 5.26 Å². The number of benzene rings is 1. The molecule has 0 spiro atoms. The SMILES string of the molecule is N#Cc1c2c(c(N3CCOCC3)n3c1nc1ccccc13)COC2. The summed E-state index contributed by atoms with van der Waals surface area (Å²) in [7, 11) is 0. The highest BCUT2D eigenvalue weighted by Crippen LogP contribution is 2.37. The third-order valence-electron chi connectivity index (χ3n) is 4.85. The zero-order chi connectivity index (χ0) is 16.1. The van der Waals surface area contributed by atoms with E-state index in [2.05, 4.69) is 21.4 Å². The molecule has 3 aromatic rings. The second-order valence-electron chi connectivity index (χ2n) is 6.12. The van der Waals surface area contributed by atoms with Gasteiger partial charge in [-0.15, -0.1) is 0 Å². The quantitative estimate of drug-likeness (QED) is 0.688. The van der Waals surface area contributed by atoms with Crippen molar-refractivity contribution in [2.45, 2.75) is 13.2 Å². The van der Waals surface area contributed by atoms with Gasteiger partial charge in [-0.2, -0.15) is 5.26 Å². The summed E-state index contributed by atoms with van der Waals surface area (Å²) in [5.41, 5.74) is 5.40. The molecule has 2 aliphatic rings. The molecule has 0 amide bonds. The van der Waals surface area contributed by atoms with E-state index in [4.69, 9.17) is 14.5 Å². The first-order valence-corrected chi connectivity index (χ1v) is 8.14. The predicted octanol–water partition coefficient (Wildman–Crippen LogP) is 2.23. The number of nitriles is 1. The van der Waals surface area contributed by atoms with Crippen LogP contribution >= 0.6 is 0 Å². The summed E-state index contributed by atoms with van der Waals surface area (Å²) < 4.78 is 13.3. The number of hydrogen-bond acceptors (Lipinski definition) is 5. The van der Waals surface area contributed by atoms with Crippen molar-refractivity contribution in [2.24, 2.45) is 0 Å². The first kappa shape index (κ1) is 13.8. The molecular formula is C18H16N4O2. The molecule has 2 aliphatic heterocycles. The normalized spacial score (nSPS) is 17.4. The zero-order valence-corrected chi connectivity index (χ0v) is 13.2. The van der Waals surface area contributed by atoms with Crippen molar-refractivity contribution >= 4 is 22.5 Å². The maximum Gasteiger partial charge on any atom is 0.157 e. The molecular weight excluding hydrogens is 304 g/mol. The molecule has 0 N–H and O–H groups in total. The first-order valence-electron chi connectivity index (χ1n) is 8.14. The van der Waals surface area contributed by atoms with Gasteiger partial charge >= 0.3 is 0 Å². The number of anilines is 1. The molecule has 0 aliphatic carbocycles. The van der Waals surface area contributed by atoms with Crippen molar-refractivity contribution in [2.75, 3.05) is 31.2 Å². The molecule has 1 fully saturated rings. The molecule has 0 bridgehead atoms. The summed E-state index contributed by atoms with van der Waals surface area (Å²) in [6.07, 6.45) is 0. The van der Waals surface area contributed by atoms with E-state index in [1.54, 1.807) is 0 Å². The zero-order valence-electron chi connectivity index (χ0n) is 13.2. The minimum Gasteiger partial charge on any atom is -0.378 e. The Morgan fingerprint density at radius 1 is 1.04 bits per heavy atom. The van der Waals surface area contributed by atoms with E-state index in [0.717, 1.165) is 46.7 Å².